The van der Waals surface area contributed by atoms with Crippen LogP contribution in [0, 0.1) is 11.6 Å². The topological polar surface area (TPSA) is 38.3 Å². The van der Waals surface area contributed by atoms with Gasteiger partial charge in [-0.3, -0.25) is 4.79 Å². The van der Waals surface area contributed by atoms with Gasteiger partial charge in [-0.15, -0.1) is 11.8 Å². The molecule has 0 bridgehead atoms. The maximum absolute atomic E-state index is 14.0. The predicted octanol–water partition coefficient (Wildman–Crippen LogP) is 5.14. The second-order valence-corrected chi connectivity index (χ2v) is 7.14. The molecule has 0 spiro atoms. The summed E-state index contributed by atoms with van der Waals surface area (Å²) in [5, 5.41) is 2.54. The highest BCUT2D eigenvalue weighted by molar-refractivity contribution is 7.99. The summed E-state index contributed by atoms with van der Waals surface area (Å²) in [5.74, 6) is -0.699. The van der Waals surface area contributed by atoms with E-state index in [4.69, 9.17) is 16.3 Å². The van der Waals surface area contributed by atoms with E-state index in [0.717, 1.165) is 19.4 Å². The van der Waals surface area contributed by atoms with E-state index in [1.54, 1.807) is 0 Å². The predicted molar refractivity (Wildman–Crippen MR) is 95.5 cm³/mol. The Morgan fingerprint density at radius 3 is 2.76 bits per heavy atom. The first-order valence-electron chi connectivity index (χ1n) is 7.83. The highest BCUT2D eigenvalue weighted by Gasteiger charge is 2.17. The van der Waals surface area contributed by atoms with Crippen LogP contribution in [0.2, 0.25) is 5.02 Å². The van der Waals surface area contributed by atoms with E-state index in [9.17, 15) is 13.6 Å². The van der Waals surface area contributed by atoms with Gasteiger partial charge in [-0.2, -0.15) is 0 Å². The molecule has 2 aromatic carbocycles. The van der Waals surface area contributed by atoms with Crippen LogP contribution in [0.3, 0.4) is 0 Å². The third kappa shape index (κ3) is 4.71. The number of hydrogen-bond donors (Lipinski definition) is 1. The van der Waals surface area contributed by atoms with Gasteiger partial charge in [0.25, 0.3) is 5.91 Å². The minimum atomic E-state index is -0.561. The molecule has 1 amide bonds. The summed E-state index contributed by atoms with van der Waals surface area (Å²) in [6.07, 6.45) is 2.12. The SMILES string of the molecule is O=C(Nc1ccc(F)c(Cl)c1)c1ccc(F)c(SCC2CCCO2)c1. The van der Waals surface area contributed by atoms with Crippen LogP contribution in [0.1, 0.15) is 23.2 Å². The van der Waals surface area contributed by atoms with Crippen molar-refractivity contribution in [3.8, 4) is 0 Å². The fourth-order valence-corrected chi connectivity index (χ4v) is 3.72. The maximum Gasteiger partial charge on any atom is 0.255 e. The number of hydrogen-bond acceptors (Lipinski definition) is 3. The zero-order valence-corrected chi connectivity index (χ0v) is 14.8. The van der Waals surface area contributed by atoms with Gasteiger partial charge in [-0.05, 0) is 49.2 Å². The van der Waals surface area contributed by atoms with E-state index in [1.165, 1.54) is 48.2 Å². The monoisotopic (exact) mass is 383 g/mol. The van der Waals surface area contributed by atoms with Crippen molar-refractivity contribution in [2.45, 2.75) is 23.8 Å². The molecule has 2 aromatic rings. The lowest BCUT2D eigenvalue weighted by Gasteiger charge is -2.11. The number of nitrogens with one attached hydrogen (secondary N) is 1. The molecule has 1 atom stereocenters. The summed E-state index contributed by atoms with van der Waals surface area (Å²) in [6, 6.07) is 8.10. The number of ether oxygens (including phenoxy) is 1. The Labute approximate surface area is 153 Å². The minimum Gasteiger partial charge on any atom is -0.377 e. The third-order valence-corrected chi connectivity index (χ3v) is 5.27. The summed E-state index contributed by atoms with van der Waals surface area (Å²) >= 11 is 7.04. The van der Waals surface area contributed by atoms with Crippen LogP contribution in [0.25, 0.3) is 0 Å². The molecular weight excluding hydrogens is 368 g/mol. The maximum atomic E-state index is 14.0. The normalized spacial score (nSPS) is 16.8. The molecule has 1 heterocycles. The Hall–Kier alpha value is -1.63. The molecule has 0 saturated carbocycles. The molecule has 7 heteroatoms. The molecule has 0 aromatic heterocycles. The number of carbonyl (C=O) groups is 1. The first-order valence-corrected chi connectivity index (χ1v) is 9.19. The number of benzene rings is 2. The Balaban J connectivity index is 1.69. The molecule has 0 aliphatic carbocycles. The highest BCUT2D eigenvalue weighted by atomic mass is 35.5. The van der Waals surface area contributed by atoms with Gasteiger partial charge in [-0.1, -0.05) is 11.6 Å². The van der Waals surface area contributed by atoms with Gasteiger partial charge in [0.15, 0.2) is 0 Å². The fraction of sp³-hybridized carbons (Fsp3) is 0.278. The van der Waals surface area contributed by atoms with Gasteiger partial charge in [0.05, 0.1) is 11.1 Å². The van der Waals surface area contributed by atoms with Crippen molar-refractivity contribution in [1.82, 2.24) is 0 Å². The first kappa shape index (κ1) is 18.2. The Morgan fingerprint density at radius 1 is 1.24 bits per heavy atom. The summed E-state index contributed by atoms with van der Waals surface area (Å²) < 4.78 is 32.7. The van der Waals surface area contributed by atoms with Crippen LogP contribution in [-0.4, -0.2) is 24.4 Å². The molecule has 1 aliphatic rings. The number of halogens is 3. The van der Waals surface area contributed by atoms with Gasteiger partial charge < -0.3 is 10.1 Å². The van der Waals surface area contributed by atoms with Crippen molar-refractivity contribution in [3.63, 3.8) is 0 Å². The van der Waals surface area contributed by atoms with Crippen molar-refractivity contribution in [2.24, 2.45) is 0 Å². The van der Waals surface area contributed by atoms with Gasteiger partial charge >= 0.3 is 0 Å². The lowest BCUT2D eigenvalue weighted by atomic mass is 10.2. The van der Waals surface area contributed by atoms with E-state index >= 15 is 0 Å². The zero-order valence-electron chi connectivity index (χ0n) is 13.2. The summed E-state index contributed by atoms with van der Waals surface area (Å²) in [4.78, 5) is 12.7. The van der Waals surface area contributed by atoms with Crippen molar-refractivity contribution < 1.29 is 18.3 Å². The van der Waals surface area contributed by atoms with E-state index in [1.807, 2.05) is 0 Å². The molecule has 1 fully saturated rings. The Bertz CT molecular complexity index is 782. The number of amides is 1. The average Bonchev–Trinajstić information content (AvgIpc) is 3.11. The molecule has 3 nitrogen and oxygen atoms in total. The van der Waals surface area contributed by atoms with Crippen LogP contribution in [-0.2, 0) is 4.74 Å². The molecule has 1 aliphatic heterocycles. The smallest absolute Gasteiger partial charge is 0.255 e. The van der Waals surface area contributed by atoms with Crippen molar-refractivity contribution in [3.05, 3.63) is 58.6 Å². The quantitative estimate of drug-likeness (QED) is 0.726. The van der Waals surface area contributed by atoms with Crippen LogP contribution in [0.5, 0.6) is 0 Å². The molecule has 1 saturated heterocycles. The standard InChI is InChI=1S/C18H16ClF2NO2S/c19-14-9-12(4-6-15(14)20)22-18(23)11-3-5-16(21)17(8-11)25-10-13-2-1-7-24-13/h3-6,8-9,13H,1-2,7,10H2,(H,22,23). The van der Waals surface area contributed by atoms with Crippen LogP contribution in [0.15, 0.2) is 41.3 Å². The lowest BCUT2D eigenvalue weighted by Crippen LogP contribution is -2.12. The van der Waals surface area contributed by atoms with E-state index in [2.05, 4.69) is 5.32 Å². The van der Waals surface area contributed by atoms with Crippen molar-refractivity contribution >= 4 is 35.0 Å². The van der Waals surface area contributed by atoms with Gasteiger partial charge in [0.2, 0.25) is 0 Å². The fourth-order valence-electron chi connectivity index (χ4n) is 2.49. The largest absolute Gasteiger partial charge is 0.377 e. The molecule has 132 valence electrons. The van der Waals surface area contributed by atoms with Crippen molar-refractivity contribution in [1.29, 1.82) is 0 Å². The molecule has 0 radical (unpaired) electrons. The molecule has 1 N–H and O–H groups in total. The summed E-state index contributed by atoms with van der Waals surface area (Å²) in [5.41, 5.74) is 0.686. The number of thioether (sulfide) groups is 1. The third-order valence-electron chi connectivity index (χ3n) is 3.82. The molecule has 3 rings (SSSR count). The minimum absolute atomic E-state index is 0.0790. The van der Waals surface area contributed by atoms with Crippen LogP contribution >= 0.6 is 23.4 Å². The van der Waals surface area contributed by atoms with E-state index < -0.39 is 11.7 Å². The first-order chi connectivity index (χ1) is 12.0. The van der Waals surface area contributed by atoms with Gasteiger partial charge in [0, 0.05) is 28.5 Å². The Kier molecular flexibility index (Phi) is 5.93. The molecule has 1 unspecified atom stereocenters. The number of anilines is 1. The molecular formula is C18H16ClF2NO2S. The van der Waals surface area contributed by atoms with Crippen molar-refractivity contribution in [2.75, 3.05) is 17.7 Å². The Morgan fingerprint density at radius 2 is 2.04 bits per heavy atom. The summed E-state index contributed by atoms with van der Waals surface area (Å²) in [7, 11) is 0. The van der Waals surface area contributed by atoms with Crippen LogP contribution in [0.4, 0.5) is 14.5 Å². The second-order valence-electron chi connectivity index (χ2n) is 5.67. The lowest BCUT2D eigenvalue weighted by molar-refractivity contribution is 0.102. The van der Waals surface area contributed by atoms with Gasteiger partial charge in [-0.25, -0.2) is 8.78 Å². The molecule has 25 heavy (non-hydrogen) atoms. The summed E-state index contributed by atoms with van der Waals surface area (Å²) in [6.45, 7) is 0.746. The highest BCUT2D eigenvalue weighted by Crippen LogP contribution is 2.27. The van der Waals surface area contributed by atoms with E-state index in [0.29, 0.717) is 21.9 Å². The zero-order chi connectivity index (χ0) is 17.8. The average molecular weight is 384 g/mol. The number of rotatable bonds is 5. The number of carbonyl (C=O) groups excluding carboxylic acids is 1. The van der Waals surface area contributed by atoms with Gasteiger partial charge in [0.1, 0.15) is 11.6 Å². The second kappa shape index (κ2) is 8.17. The van der Waals surface area contributed by atoms with Crippen LogP contribution < -0.4 is 5.32 Å². The van der Waals surface area contributed by atoms with E-state index in [-0.39, 0.29) is 16.9 Å².